The number of halogens is 1. The van der Waals surface area contributed by atoms with Crippen LogP contribution in [-0.4, -0.2) is 0 Å². The number of hydrogen-bond acceptors (Lipinski definition) is 1. The van der Waals surface area contributed by atoms with Crippen molar-refractivity contribution < 1.29 is 0 Å². The molecule has 0 aliphatic carbocycles. The molecule has 0 spiro atoms. The highest BCUT2D eigenvalue weighted by molar-refractivity contribution is 9.09. The highest BCUT2D eigenvalue weighted by atomic mass is 79.9. The Labute approximate surface area is 80.8 Å². The second-order valence-electron chi connectivity index (χ2n) is 2.77. The summed E-state index contributed by atoms with van der Waals surface area (Å²) in [4.78, 5) is 0.568. The van der Waals surface area contributed by atoms with E-state index in [-0.39, 0.29) is 0 Å². The first kappa shape index (κ1) is 9.27. The Kier molecular flexibility index (Phi) is 3.60. The third-order valence-electron chi connectivity index (χ3n) is 1.77. The first-order valence-corrected chi connectivity index (χ1v) is 5.78. The Morgan fingerprint density at radius 1 is 1.55 bits per heavy atom. The van der Waals surface area contributed by atoms with Gasteiger partial charge >= 0.3 is 0 Å². The minimum atomic E-state index is 0.568. The van der Waals surface area contributed by atoms with Crippen molar-refractivity contribution in [3.05, 3.63) is 21.9 Å². The lowest BCUT2D eigenvalue weighted by atomic mass is 10.1. The molecule has 0 nitrogen and oxygen atoms in total. The van der Waals surface area contributed by atoms with Gasteiger partial charge in [-0.2, -0.15) is 11.3 Å². The Morgan fingerprint density at radius 2 is 2.27 bits per heavy atom. The van der Waals surface area contributed by atoms with Crippen LogP contribution in [-0.2, 0) is 0 Å². The van der Waals surface area contributed by atoms with E-state index in [0.717, 1.165) is 0 Å². The van der Waals surface area contributed by atoms with Crippen molar-refractivity contribution in [1.82, 2.24) is 0 Å². The van der Waals surface area contributed by atoms with Gasteiger partial charge < -0.3 is 0 Å². The summed E-state index contributed by atoms with van der Waals surface area (Å²) >= 11 is 5.47. The van der Waals surface area contributed by atoms with Gasteiger partial charge in [-0.3, -0.25) is 0 Å². The summed E-state index contributed by atoms with van der Waals surface area (Å²) in [5, 5.41) is 4.45. The predicted octanol–water partition coefficient (Wildman–Crippen LogP) is 4.29. The highest BCUT2D eigenvalue weighted by Gasteiger charge is 2.08. The van der Waals surface area contributed by atoms with E-state index < -0.39 is 0 Å². The molecule has 0 aromatic carbocycles. The van der Waals surface area contributed by atoms with Crippen molar-refractivity contribution in [3.63, 3.8) is 0 Å². The van der Waals surface area contributed by atoms with E-state index in [1.54, 1.807) is 11.3 Å². The molecular formula is C9H13BrS. The molecular weight excluding hydrogens is 220 g/mol. The maximum atomic E-state index is 3.68. The second kappa shape index (κ2) is 4.27. The van der Waals surface area contributed by atoms with Crippen LogP contribution in [0.2, 0.25) is 0 Å². The first-order chi connectivity index (χ1) is 5.25. The molecule has 1 aromatic rings. The third kappa shape index (κ3) is 2.31. The fourth-order valence-corrected chi connectivity index (χ4v) is 3.13. The van der Waals surface area contributed by atoms with Crippen molar-refractivity contribution in [3.8, 4) is 0 Å². The minimum Gasteiger partial charge on any atom is -0.152 e. The fourth-order valence-electron chi connectivity index (χ4n) is 1.10. The van der Waals surface area contributed by atoms with Gasteiger partial charge in [0.25, 0.3) is 0 Å². The molecule has 1 aromatic heterocycles. The van der Waals surface area contributed by atoms with Crippen LogP contribution in [0.15, 0.2) is 10.8 Å². The van der Waals surface area contributed by atoms with Crippen LogP contribution in [0.5, 0.6) is 0 Å². The molecule has 0 saturated heterocycles. The lowest BCUT2D eigenvalue weighted by Gasteiger charge is -2.06. The lowest BCUT2D eigenvalue weighted by molar-refractivity contribution is 0.787. The quantitative estimate of drug-likeness (QED) is 0.683. The summed E-state index contributed by atoms with van der Waals surface area (Å²) in [5.41, 5.74) is 2.89. The van der Waals surface area contributed by atoms with Gasteiger partial charge in [-0.1, -0.05) is 29.3 Å². The van der Waals surface area contributed by atoms with Crippen LogP contribution in [0.1, 0.15) is 35.7 Å². The summed E-state index contributed by atoms with van der Waals surface area (Å²) in [6.07, 6.45) is 2.47. The summed E-state index contributed by atoms with van der Waals surface area (Å²) < 4.78 is 0. The topological polar surface area (TPSA) is 0 Å². The number of aryl methyl sites for hydroxylation is 1. The van der Waals surface area contributed by atoms with E-state index in [4.69, 9.17) is 0 Å². The fraction of sp³-hybridized carbons (Fsp3) is 0.556. The number of hydrogen-bond donors (Lipinski definition) is 0. The number of thiophene rings is 1. The molecule has 0 bridgehead atoms. The maximum absolute atomic E-state index is 3.68. The molecule has 0 aliphatic heterocycles. The van der Waals surface area contributed by atoms with Gasteiger partial charge in [-0.15, -0.1) is 0 Å². The normalized spacial score (nSPS) is 13.4. The summed E-state index contributed by atoms with van der Waals surface area (Å²) in [6, 6.07) is 0. The van der Waals surface area contributed by atoms with Gasteiger partial charge in [-0.25, -0.2) is 0 Å². The van der Waals surface area contributed by atoms with E-state index >= 15 is 0 Å². The van der Waals surface area contributed by atoms with Gasteiger partial charge in [0.2, 0.25) is 0 Å². The molecule has 0 saturated carbocycles. The Bertz CT molecular complexity index is 217. The summed E-state index contributed by atoms with van der Waals surface area (Å²) in [6.45, 7) is 4.39. The lowest BCUT2D eigenvalue weighted by Crippen LogP contribution is -1.88. The highest BCUT2D eigenvalue weighted by Crippen LogP contribution is 2.31. The van der Waals surface area contributed by atoms with E-state index in [2.05, 4.69) is 40.5 Å². The van der Waals surface area contributed by atoms with Gasteiger partial charge in [0.15, 0.2) is 0 Å². The van der Waals surface area contributed by atoms with Gasteiger partial charge in [0, 0.05) is 4.83 Å². The van der Waals surface area contributed by atoms with Crippen LogP contribution >= 0.6 is 27.3 Å². The molecule has 11 heavy (non-hydrogen) atoms. The zero-order valence-electron chi connectivity index (χ0n) is 6.93. The van der Waals surface area contributed by atoms with Crippen LogP contribution in [0.4, 0.5) is 0 Å². The van der Waals surface area contributed by atoms with E-state index in [1.165, 1.54) is 24.0 Å². The average molecular weight is 233 g/mol. The van der Waals surface area contributed by atoms with Crippen molar-refractivity contribution >= 4 is 27.3 Å². The Hall–Kier alpha value is 0.180. The zero-order chi connectivity index (χ0) is 8.27. The van der Waals surface area contributed by atoms with Crippen molar-refractivity contribution in [2.24, 2.45) is 0 Å². The molecule has 0 N–H and O–H groups in total. The van der Waals surface area contributed by atoms with E-state index in [9.17, 15) is 0 Å². The van der Waals surface area contributed by atoms with E-state index in [1.807, 2.05) is 0 Å². The zero-order valence-corrected chi connectivity index (χ0v) is 9.33. The molecule has 62 valence electrons. The molecule has 0 aliphatic rings. The third-order valence-corrected chi connectivity index (χ3v) is 3.61. The molecule has 2 heteroatoms. The van der Waals surface area contributed by atoms with Crippen LogP contribution in [0, 0.1) is 6.92 Å². The van der Waals surface area contributed by atoms with Crippen molar-refractivity contribution in [2.75, 3.05) is 0 Å². The van der Waals surface area contributed by atoms with Gasteiger partial charge in [-0.05, 0) is 35.2 Å². The molecule has 1 rings (SSSR count). The standard InChI is InChI=1S/C9H13BrS/c1-3-4-9(10)8-6-11-5-7(8)2/h5-6,9H,3-4H2,1-2H3. The number of rotatable bonds is 3. The van der Waals surface area contributed by atoms with E-state index in [0.29, 0.717) is 4.83 Å². The second-order valence-corrected chi connectivity index (χ2v) is 4.62. The smallest absolute Gasteiger partial charge is 0.0406 e. The SMILES string of the molecule is CCCC(Br)c1cscc1C. The van der Waals surface area contributed by atoms with Crippen LogP contribution < -0.4 is 0 Å². The molecule has 1 heterocycles. The van der Waals surface area contributed by atoms with Crippen LogP contribution in [0.25, 0.3) is 0 Å². The monoisotopic (exact) mass is 232 g/mol. The minimum absolute atomic E-state index is 0.568. The maximum Gasteiger partial charge on any atom is 0.0406 e. The predicted molar refractivity (Wildman–Crippen MR) is 55.6 cm³/mol. The summed E-state index contributed by atoms with van der Waals surface area (Å²) in [7, 11) is 0. The molecule has 0 amide bonds. The summed E-state index contributed by atoms with van der Waals surface area (Å²) in [5.74, 6) is 0. The largest absolute Gasteiger partial charge is 0.152 e. The Morgan fingerprint density at radius 3 is 2.73 bits per heavy atom. The first-order valence-electron chi connectivity index (χ1n) is 3.92. The molecule has 0 fully saturated rings. The molecule has 0 radical (unpaired) electrons. The van der Waals surface area contributed by atoms with Gasteiger partial charge in [0.05, 0.1) is 0 Å². The average Bonchev–Trinajstić information content (AvgIpc) is 2.36. The van der Waals surface area contributed by atoms with Crippen molar-refractivity contribution in [2.45, 2.75) is 31.5 Å². The Balaban J connectivity index is 2.67. The molecule has 1 unspecified atom stereocenters. The van der Waals surface area contributed by atoms with Gasteiger partial charge in [0.1, 0.15) is 0 Å². The number of alkyl halides is 1. The molecule has 1 atom stereocenters. The van der Waals surface area contributed by atoms with Crippen molar-refractivity contribution in [1.29, 1.82) is 0 Å². The van der Waals surface area contributed by atoms with Crippen LogP contribution in [0.3, 0.4) is 0 Å².